The average molecular weight is 420 g/mol. The molecular formula is C22H21N5O2S. The first-order valence-corrected chi connectivity index (χ1v) is 11.0. The van der Waals surface area contributed by atoms with Crippen molar-refractivity contribution in [3.63, 3.8) is 0 Å². The van der Waals surface area contributed by atoms with Crippen LogP contribution < -0.4 is 5.56 Å². The highest BCUT2D eigenvalue weighted by Crippen LogP contribution is 2.35. The van der Waals surface area contributed by atoms with Crippen molar-refractivity contribution in [2.75, 3.05) is 6.54 Å². The third kappa shape index (κ3) is 3.47. The molecule has 1 aliphatic heterocycles. The predicted molar refractivity (Wildman–Crippen MR) is 116 cm³/mol. The number of rotatable bonds is 4. The fraction of sp³-hybridized carbons (Fsp3) is 0.318. The number of piperidine rings is 1. The quantitative estimate of drug-likeness (QED) is 0.505. The summed E-state index contributed by atoms with van der Waals surface area (Å²) >= 11 is 1.66. The van der Waals surface area contributed by atoms with Crippen molar-refractivity contribution in [1.82, 2.24) is 24.9 Å². The minimum absolute atomic E-state index is 0.00283. The van der Waals surface area contributed by atoms with Crippen LogP contribution in [0.15, 0.2) is 53.3 Å². The first kappa shape index (κ1) is 18.9. The molecule has 0 spiro atoms. The number of aromatic nitrogens is 4. The van der Waals surface area contributed by atoms with Crippen molar-refractivity contribution in [2.24, 2.45) is 0 Å². The molecule has 1 saturated heterocycles. The molecule has 1 unspecified atom stereocenters. The van der Waals surface area contributed by atoms with Gasteiger partial charge in [0.05, 0.1) is 28.2 Å². The third-order valence-corrected chi connectivity index (χ3v) is 6.72. The van der Waals surface area contributed by atoms with E-state index in [1.807, 2.05) is 29.2 Å². The number of fused-ring (bicyclic) bond motifs is 2. The molecule has 7 nitrogen and oxygen atoms in total. The molecule has 1 aliphatic rings. The number of hydrogen-bond donors (Lipinski definition) is 0. The Morgan fingerprint density at radius 2 is 1.87 bits per heavy atom. The summed E-state index contributed by atoms with van der Waals surface area (Å²) in [6, 6.07) is 15.2. The van der Waals surface area contributed by atoms with E-state index in [-0.39, 0.29) is 30.5 Å². The Kier molecular flexibility index (Phi) is 5.00. The minimum Gasteiger partial charge on any atom is -0.333 e. The maximum atomic E-state index is 13.1. The number of nitrogens with zero attached hydrogens (tertiary/aromatic N) is 5. The monoisotopic (exact) mass is 419 g/mol. The molecule has 0 bridgehead atoms. The standard InChI is InChI=1S/C22H21N5O2S/c28-20(12-14-27-22(29)15-7-1-2-8-16(15)24-25-27)26-13-6-5-10-18(26)21-23-17-9-3-4-11-19(17)30-21/h1-4,7-9,11,18H,5-6,10,12-14H2. The lowest BCUT2D eigenvalue weighted by molar-refractivity contribution is -0.135. The Morgan fingerprint density at radius 1 is 1.07 bits per heavy atom. The number of thiazole rings is 1. The van der Waals surface area contributed by atoms with Gasteiger partial charge in [-0.3, -0.25) is 9.59 Å². The van der Waals surface area contributed by atoms with Crippen molar-refractivity contribution >= 4 is 38.4 Å². The molecule has 8 heteroatoms. The van der Waals surface area contributed by atoms with E-state index in [0.29, 0.717) is 10.9 Å². The van der Waals surface area contributed by atoms with Gasteiger partial charge in [-0.05, 0) is 43.5 Å². The van der Waals surface area contributed by atoms with E-state index < -0.39 is 0 Å². The van der Waals surface area contributed by atoms with Gasteiger partial charge in [-0.15, -0.1) is 16.4 Å². The van der Waals surface area contributed by atoms with E-state index in [2.05, 4.69) is 16.4 Å². The number of para-hydroxylation sites is 1. The Morgan fingerprint density at radius 3 is 2.73 bits per heavy atom. The van der Waals surface area contributed by atoms with Crippen LogP contribution >= 0.6 is 11.3 Å². The minimum atomic E-state index is -0.213. The molecule has 3 heterocycles. The summed E-state index contributed by atoms with van der Waals surface area (Å²) in [5.74, 6) is 0.0285. The maximum Gasteiger partial charge on any atom is 0.277 e. The summed E-state index contributed by atoms with van der Waals surface area (Å²) in [4.78, 5) is 32.4. The zero-order valence-corrected chi connectivity index (χ0v) is 17.2. The first-order chi connectivity index (χ1) is 14.7. The van der Waals surface area contributed by atoms with Gasteiger partial charge >= 0.3 is 0 Å². The molecule has 4 aromatic rings. The highest BCUT2D eigenvalue weighted by atomic mass is 32.1. The third-order valence-electron chi connectivity index (χ3n) is 5.59. The van der Waals surface area contributed by atoms with E-state index in [4.69, 9.17) is 4.98 Å². The van der Waals surface area contributed by atoms with E-state index in [9.17, 15) is 9.59 Å². The molecule has 2 aromatic heterocycles. The highest BCUT2D eigenvalue weighted by Gasteiger charge is 2.30. The van der Waals surface area contributed by atoms with Crippen LogP contribution in [0, 0.1) is 0 Å². The van der Waals surface area contributed by atoms with E-state index >= 15 is 0 Å². The fourth-order valence-electron chi connectivity index (χ4n) is 4.03. The molecule has 2 aromatic carbocycles. The molecular weight excluding hydrogens is 398 g/mol. The maximum absolute atomic E-state index is 13.1. The molecule has 1 fully saturated rings. The molecule has 30 heavy (non-hydrogen) atoms. The van der Waals surface area contributed by atoms with Gasteiger partial charge in [-0.1, -0.05) is 29.5 Å². The van der Waals surface area contributed by atoms with Gasteiger partial charge in [0.15, 0.2) is 0 Å². The highest BCUT2D eigenvalue weighted by molar-refractivity contribution is 7.18. The number of carbonyl (C=O) groups is 1. The lowest BCUT2D eigenvalue weighted by atomic mass is 10.0. The number of benzene rings is 2. The van der Waals surface area contributed by atoms with E-state index in [1.165, 1.54) is 4.68 Å². The van der Waals surface area contributed by atoms with Gasteiger partial charge < -0.3 is 4.90 Å². The lowest BCUT2D eigenvalue weighted by Gasteiger charge is -2.34. The van der Waals surface area contributed by atoms with Gasteiger partial charge in [0.2, 0.25) is 5.91 Å². The zero-order chi connectivity index (χ0) is 20.5. The second kappa shape index (κ2) is 7.95. The second-order valence-electron chi connectivity index (χ2n) is 7.50. The number of carbonyl (C=O) groups excluding carboxylic acids is 1. The largest absolute Gasteiger partial charge is 0.333 e. The summed E-state index contributed by atoms with van der Waals surface area (Å²) in [7, 11) is 0. The molecule has 0 saturated carbocycles. The Hall–Kier alpha value is -3.13. The summed E-state index contributed by atoms with van der Waals surface area (Å²) in [5.41, 5.74) is 1.33. The number of aryl methyl sites for hydroxylation is 1. The number of hydrogen-bond acceptors (Lipinski definition) is 6. The van der Waals surface area contributed by atoms with Crippen molar-refractivity contribution in [2.45, 2.75) is 38.3 Å². The summed E-state index contributed by atoms with van der Waals surface area (Å²) in [6.07, 6.45) is 3.21. The lowest BCUT2D eigenvalue weighted by Crippen LogP contribution is -2.39. The molecule has 0 aliphatic carbocycles. The van der Waals surface area contributed by atoms with Crippen LogP contribution in [0.5, 0.6) is 0 Å². The Bertz CT molecular complexity index is 1250. The number of likely N-dealkylation sites (tertiary alicyclic amines) is 1. The smallest absolute Gasteiger partial charge is 0.277 e. The Balaban J connectivity index is 1.35. The van der Waals surface area contributed by atoms with Gasteiger partial charge in [0.1, 0.15) is 10.5 Å². The van der Waals surface area contributed by atoms with Crippen LogP contribution in [0.1, 0.15) is 36.7 Å². The average Bonchev–Trinajstić information content (AvgIpc) is 3.23. The van der Waals surface area contributed by atoms with Crippen LogP contribution in [0.25, 0.3) is 21.1 Å². The van der Waals surface area contributed by atoms with Crippen molar-refractivity contribution in [3.05, 3.63) is 63.9 Å². The van der Waals surface area contributed by atoms with Crippen LogP contribution in [0.4, 0.5) is 0 Å². The van der Waals surface area contributed by atoms with Crippen molar-refractivity contribution in [1.29, 1.82) is 0 Å². The van der Waals surface area contributed by atoms with Crippen LogP contribution in [-0.4, -0.2) is 37.3 Å². The van der Waals surface area contributed by atoms with E-state index in [1.54, 1.807) is 29.5 Å². The molecule has 152 valence electrons. The normalized spacial score (nSPS) is 16.9. The molecule has 1 atom stereocenters. The van der Waals surface area contributed by atoms with Crippen LogP contribution in [0.3, 0.4) is 0 Å². The Labute approximate surface area is 177 Å². The zero-order valence-electron chi connectivity index (χ0n) is 16.4. The number of amides is 1. The second-order valence-corrected chi connectivity index (χ2v) is 8.57. The van der Waals surface area contributed by atoms with Crippen LogP contribution in [-0.2, 0) is 11.3 Å². The summed E-state index contributed by atoms with van der Waals surface area (Å²) in [6.45, 7) is 0.941. The predicted octanol–water partition coefficient (Wildman–Crippen LogP) is 3.55. The van der Waals surface area contributed by atoms with Gasteiger partial charge in [0.25, 0.3) is 5.56 Å². The van der Waals surface area contributed by atoms with Crippen LogP contribution in [0.2, 0.25) is 0 Å². The molecule has 5 rings (SSSR count). The van der Waals surface area contributed by atoms with Gasteiger partial charge in [0, 0.05) is 13.0 Å². The summed E-state index contributed by atoms with van der Waals surface area (Å²) in [5, 5.41) is 9.61. The van der Waals surface area contributed by atoms with Crippen molar-refractivity contribution < 1.29 is 4.79 Å². The van der Waals surface area contributed by atoms with E-state index in [0.717, 1.165) is 41.0 Å². The molecule has 0 radical (unpaired) electrons. The topological polar surface area (TPSA) is 81.0 Å². The molecule has 0 N–H and O–H groups in total. The fourth-order valence-corrected chi connectivity index (χ4v) is 5.15. The van der Waals surface area contributed by atoms with Crippen molar-refractivity contribution in [3.8, 4) is 0 Å². The van der Waals surface area contributed by atoms with Gasteiger partial charge in [-0.25, -0.2) is 9.67 Å². The first-order valence-electron chi connectivity index (χ1n) is 10.2. The summed E-state index contributed by atoms with van der Waals surface area (Å²) < 4.78 is 2.43. The SMILES string of the molecule is O=C(CCn1nnc2ccccc2c1=O)N1CCCCC1c1nc2ccccc2s1. The molecule has 1 amide bonds. The van der Waals surface area contributed by atoms with Gasteiger partial charge in [-0.2, -0.15) is 0 Å².